The zero-order chi connectivity index (χ0) is 28.4. The smallest absolute Gasteiger partial charge is 0.334 e. The van der Waals surface area contributed by atoms with Crippen LogP contribution in [0.4, 0.5) is 0 Å². The van der Waals surface area contributed by atoms with Gasteiger partial charge < -0.3 is 9.64 Å². The maximum absolute atomic E-state index is 12.2. The number of fused-ring (bicyclic) bond motifs is 5. The van der Waals surface area contributed by atoms with Gasteiger partial charge in [0.25, 0.3) is 0 Å². The summed E-state index contributed by atoms with van der Waals surface area (Å²) < 4.78 is 5.53. The van der Waals surface area contributed by atoms with E-state index in [1.54, 1.807) is 0 Å². The summed E-state index contributed by atoms with van der Waals surface area (Å²) in [7, 11) is 3.91. The molecule has 4 rings (SSSR count). The standard InChI is InChI=1S/C36H63NO2/c1-25(2)11-9-12-26(3)31-16-17-32-30-15-14-29-23-28(13-10-22-39-34(38)27(4)24-37(7)8)18-20-35(29,5)33(30)19-21-36(31,32)6/h25-26,28-33H,4,9-24H2,1-3,5-8H3/t26-,28+,29?,30+,31-,32?,33?,35+,36-/m1/s1. The number of ether oxygens (including phenoxy) is 1. The predicted octanol–water partition coefficient (Wildman–Crippen LogP) is 9.17. The van der Waals surface area contributed by atoms with Crippen molar-refractivity contribution in [3.8, 4) is 0 Å². The van der Waals surface area contributed by atoms with Crippen LogP contribution in [0.1, 0.15) is 125 Å². The lowest BCUT2D eigenvalue weighted by Crippen LogP contribution is -2.53. The first-order chi connectivity index (χ1) is 18.5. The molecule has 0 heterocycles. The highest BCUT2D eigenvalue weighted by atomic mass is 16.5. The monoisotopic (exact) mass is 541 g/mol. The number of hydrogen-bond acceptors (Lipinski definition) is 3. The molecule has 0 aromatic heterocycles. The Kier molecular flexibility index (Phi) is 10.4. The van der Waals surface area contributed by atoms with E-state index in [2.05, 4.69) is 41.2 Å². The summed E-state index contributed by atoms with van der Waals surface area (Å²) >= 11 is 0. The summed E-state index contributed by atoms with van der Waals surface area (Å²) in [6.45, 7) is 17.8. The van der Waals surface area contributed by atoms with E-state index in [0.717, 1.165) is 53.8 Å². The summed E-state index contributed by atoms with van der Waals surface area (Å²) in [6, 6.07) is 0. The molecular formula is C36H63NO2. The van der Waals surface area contributed by atoms with Crippen LogP contribution >= 0.6 is 0 Å². The summed E-state index contributed by atoms with van der Waals surface area (Å²) in [5, 5.41) is 0. The first-order valence-electron chi connectivity index (χ1n) is 16.9. The number of nitrogens with zero attached hydrogens (tertiary/aromatic N) is 1. The van der Waals surface area contributed by atoms with E-state index >= 15 is 0 Å². The molecule has 39 heavy (non-hydrogen) atoms. The molecule has 4 aliphatic carbocycles. The molecule has 4 fully saturated rings. The minimum absolute atomic E-state index is 0.221. The van der Waals surface area contributed by atoms with Gasteiger partial charge in [-0.25, -0.2) is 4.79 Å². The van der Waals surface area contributed by atoms with Gasteiger partial charge >= 0.3 is 5.97 Å². The molecule has 0 saturated heterocycles. The zero-order valence-electron chi connectivity index (χ0n) is 26.9. The summed E-state index contributed by atoms with van der Waals surface area (Å²) in [5.41, 5.74) is 1.73. The van der Waals surface area contributed by atoms with E-state index in [1.807, 2.05) is 19.0 Å². The second-order valence-corrected chi connectivity index (χ2v) is 15.9. The van der Waals surface area contributed by atoms with Gasteiger partial charge in [-0.15, -0.1) is 0 Å². The molecule has 0 radical (unpaired) electrons. The molecule has 4 saturated carbocycles. The molecule has 0 bridgehead atoms. The lowest BCUT2D eigenvalue weighted by Gasteiger charge is -2.61. The molecule has 224 valence electrons. The average molecular weight is 542 g/mol. The van der Waals surface area contributed by atoms with Crippen molar-refractivity contribution in [1.82, 2.24) is 4.90 Å². The maximum Gasteiger partial charge on any atom is 0.334 e. The van der Waals surface area contributed by atoms with Gasteiger partial charge in [0.1, 0.15) is 0 Å². The number of carbonyl (C=O) groups excluding carboxylic acids is 1. The zero-order valence-corrected chi connectivity index (χ0v) is 26.9. The van der Waals surface area contributed by atoms with Gasteiger partial charge in [0.2, 0.25) is 0 Å². The Bertz CT molecular complexity index is 834. The topological polar surface area (TPSA) is 29.5 Å². The van der Waals surface area contributed by atoms with Crippen molar-refractivity contribution in [3.05, 3.63) is 12.2 Å². The molecule has 0 N–H and O–H groups in total. The van der Waals surface area contributed by atoms with Crippen LogP contribution in [0.2, 0.25) is 0 Å². The van der Waals surface area contributed by atoms with Crippen molar-refractivity contribution in [2.24, 2.45) is 58.2 Å². The van der Waals surface area contributed by atoms with Crippen LogP contribution in [-0.4, -0.2) is 38.1 Å². The fourth-order valence-electron chi connectivity index (χ4n) is 10.7. The Labute approximate surface area is 242 Å². The predicted molar refractivity (Wildman–Crippen MR) is 164 cm³/mol. The van der Waals surface area contributed by atoms with Crippen LogP contribution in [0.25, 0.3) is 0 Å². The molecule has 0 aromatic rings. The number of carbonyl (C=O) groups is 1. The third-order valence-electron chi connectivity index (χ3n) is 12.8. The van der Waals surface area contributed by atoms with Crippen LogP contribution < -0.4 is 0 Å². The van der Waals surface area contributed by atoms with Crippen molar-refractivity contribution < 1.29 is 9.53 Å². The fraction of sp³-hybridized carbons (Fsp3) is 0.917. The van der Waals surface area contributed by atoms with E-state index in [-0.39, 0.29) is 5.97 Å². The molecule has 0 amide bonds. The highest BCUT2D eigenvalue weighted by Crippen LogP contribution is 2.68. The van der Waals surface area contributed by atoms with Crippen molar-refractivity contribution in [2.75, 3.05) is 27.2 Å². The fourth-order valence-corrected chi connectivity index (χ4v) is 10.7. The first kappa shape index (κ1) is 31.1. The van der Waals surface area contributed by atoms with Crippen LogP contribution in [0.5, 0.6) is 0 Å². The van der Waals surface area contributed by atoms with Crippen molar-refractivity contribution >= 4 is 5.97 Å². The molecular weight excluding hydrogens is 478 g/mol. The van der Waals surface area contributed by atoms with Gasteiger partial charge in [-0.1, -0.05) is 60.5 Å². The normalized spacial score (nSPS) is 38.7. The summed E-state index contributed by atoms with van der Waals surface area (Å²) in [4.78, 5) is 14.1. The molecule has 3 heteroatoms. The molecule has 9 atom stereocenters. The summed E-state index contributed by atoms with van der Waals surface area (Å²) in [6.07, 6.45) is 19.7. The minimum Gasteiger partial charge on any atom is -0.462 e. The van der Waals surface area contributed by atoms with Crippen molar-refractivity contribution in [1.29, 1.82) is 0 Å². The van der Waals surface area contributed by atoms with Gasteiger partial charge in [0.15, 0.2) is 0 Å². The summed E-state index contributed by atoms with van der Waals surface area (Å²) in [5.74, 6) is 7.17. The number of likely N-dealkylation sites (N-methyl/N-ethyl adjacent to an activating group) is 1. The highest BCUT2D eigenvalue weighted by molar-refractivity contribution is 5.88. The lowest BCUT2D eigenvalue weighted by molar-refractivity contribution is -0.139. The SMILES string of the molecule is C=C(CN(C)C)C(=O)OCCC[C@H]1CC[C@@]2(C)C(CC[C@@H]3C2CC[C@@]2(C)C3CC[C@@H]2[C@H](C)CCCC(C)C)C1. The van der Waals surface area contributed by atoms with E-state index in [9.17, 15) is 4.79 Å². The third kappa shape index (κ3) is 6.81. The average Bonchev–Trinajstić information content (AvgIpc) is 3.23. The Morgan fingerprint density at radius 3 is 2.36 bits per heavy atom. The van der Waals surface area contributed by atoms with Crippen LogP contribution in [-0.2, 0) is 9.53 Å². The number of esters is 1. The Morgan fingerprint density at radius 1 is 0.923 bits per heavy atom. The molecule has 3 nitrogen and oxygen atoms in total. The lowest BCUT2D eigenvalue weighted by atomic mass is 9.44. The Hall–Kier alpha value is -0.830. The van der Waals surface area contributed by atoms with Crippen LogP contribution in [0, 0.1) is 58.2 Å². The largest absolute Gasteiger partial charge is 0.462 e. The van der Waals surface area contributed by atoms with Crippen LogP contribution in [0.3, 0.4) is 0 Å². The van der Waals surface area contributed by atoms with Gasteiger partial charge in [-0.05, 0) is 143 Å². The molecule has 0 aliphatic heterocycles. The molecule has 4 aliphatic rings. The van der Waals surface area contributed by atoms with Gasteiger partial charge in [-0.3, -0.25) is 0 Å². The quantitative estimate of drug-likeness (QED) is 0.140. The third-order valence-corrected chi connectivity index (χ3v) is 12.8. The Morgan fingerprint density at radius 2 is 1.64 bits per heavy atom. The van der Waals surface area contributed by atoms with E-state index < -0.39 is 0 Å². The Balaban J connectivity index is 1.27. The van der Waals surface area contributed by atoms with E-state index in [0.29, 0.717) is 29.6 Å². The second-order valence-electron chi connectivity index (χ2n) is 15.9. The van der Waals surface area contributed by atoms with Gasteiger partial charge in [-0.2, -0.15) is 0 Å². The molecule has 0 aromatic carbocycles. The maximum atomic E-state index is 12.2. The first-order valence-corrected chi connectivity index (χ1v) is 16.9. The number of hydrogen-bond donors (Lipinski definition) is 0. The van der Waals surface area contributed by atoms with Crippen molar-refractivity contribution in [3.63, 3.8) is 0 Å². The second kappa shape index (κ2) is 13.0. The van der Waals surface area contributed by atoms with Gasteiger partial charge in [0.05, 0.1) is 6.61 Å². The van der Waals surface area contributed by atoms with E-state index in [1.165, 1.54) is 83.5 Å². The van der Waals surface area contributed by atoms with Crippen molar-refractivity contribution in [2.45, 2.75) is 125 Å². The van der Waals surface area contributed by atoms with Crippen LogP contribution in [0.15, 0.2) is 12.2 Å². The van der Waals surface area contributed by atoms with Gasteiger partial charge in [0, 0.05) is 12.1 Å². The molecule has 3 unspecified atom stereocenters. The van der Waals surface area contributed by atoms with E-state index in [4.69, 9.17) is 4.74 Å². The minimum atomic E-state index is -0.221. The molecule has 0 spiro atoms. The number of rotatable bonds is 12. The highest BCUT2D eigenvalue weighted by Gasteiger charge is 2.60.